The smallest absolute Gasteiger partial charge is 0.0795 e. The molecule has 2 atom stereocenters. The van der Waals surface area contributed by atoms with Gasteiger partial charge in [0.25, 0.3) is 0 Å². The summed E-state index contributed by atoms with van der Waals surface area (Å²) in [5, 5.41) is 0. The Morgan fingerprint density at radius 1 is 1.30 bits per heavy atom. The molecule has 0 aromatic carbocycles. The van der Waals surface area contributed by atoms with E-state index in [1.165, 1.54) is 56.7 Å². The van der Waals surface area contributed by atoms with Gasteiger partial charge in [-0.15, -0.1) is 0 Å². The summed E-state index contributed by atoms with van der Waals surface area (Å²) >= 11 is 2.06. The molecule has 20 heavy (non-hydrogen) atoms. The molecule has 3 heterocycles. The molecule has 3 fully saturated rings. The van der Waals surface area contributed by atoms with Crippen LogP contribution in [0.2, 0.25) is 0 Å². The molecule has 0 bridgehead atoms. The molecular formula is C15H28N2O2S. The fraction of sp³-hybridized carbons (Fsp3) is 1.00. The van der Waals surface area contributed by atoms with Gasteiger partial charge in [0.1, 0.15) is 0 Å². The Labute approximate surface area is 126 Å². The van der Waals surface area contributed by atoms with E-state index in [1.807, 2.05) is 0 Å². The van der Waals surface area contributed by atoms with E-state index in [4.69, 9.17) is 15.2 Å². The molecule has 0 aromatic heterocycles. The monoisotopic (exact) mass is 300 g/mol. The molecule has 3 saturated heterocycles. The molecule has 0 aromatic rings. The Balaban J connectivity index is 1.48. The number of nitrogens with two attached hydrogens (primary N) is 1. The highest BCUT2D eigenvalue weighted by Gasteiger charge is 2.42. The average molecular weight is 300 g/mol. The van der Waals surface area contributed by atoms with Gasteiger partial charge in [0.15, 0.2) is 0 Å². The molecule has 2 N–H and O–H groups in total. The van der Waals surface area contributed by atoms with Crippen molar-refractivity contribution < 1.29 is 9.47 Å². The van der Waals surface area contributed by atoms with Gasteiger partial charge in [-0.1, -0.05) is 0 Å². The second-order valence-electron chi connectivity index (χ2n) is 6.38. The number of thioether (sulfide) groups is 1. The van der Waals surface area contributed by atoms with Crippen LogP contribution < -0.4 is 5.73 Å². The first kappa shape index (κ1) is 15.1. The van der Waals surface area contributed by atoms with E-state index in [1.54, 1.807) is 0 Å². The number of hydrogen-bond donors (Lipinski definition) is 1. The lowest BCUT2D eigenvalue weighted by Crippen LogP contribution is -2.51. The van der Waals surface area contributed by atoms with Gasteiger partial charge in [0.05, 0.1) is 18.3 Å². The molecule has 4 nitrogen and oxygen atoms in total. The fourth-order valence-corrected chi connectivity index (χ4v) is 5.20. The first-order valence-corrected chi connectivity index (χ1v) is 9.24. The number of piperidine rings is 1. The third-order valence-corrected chi connectivity index (χ3v) is 6.22. The molecule has 0 amide bonds. The van der Waals surface area contributed by atoms with Crippen LogP contribution in [0, 0.1) is 0 Å². The standard InChI is InChI=1S/C15H28N2O2S/c16-5-9-18-14-1-6-17(7-2-14)13-3-8-19-15(11-13)4-10-20-12-15/h13-14H,1-12,16H2. The van der Waals surface area contributed by atoms with Crippen molar-refractivity contribution in [2.75, 3.05) is 44.4 Å². The topological polar surface area (TPSA) is 47.7 Å². The van der Waals surface area contributed by atoms with Gasteiger partial charge in [0.2, 0.25) is 0 Å². The summed E-state index contributed by atoms with van der Waals surface area (Å²) in [6, 6.07) is 0.734. The van der Waals surface area contributed by atoms with Crippen molar-refractivity contribution >= 4 is 11.8 Å². The van der Waals surface area contributed by atoms with Crippen LogP contribution in [0.15, 0.2) is 0 Å². The van der Waals surface area contributed by atoms with Crippen LogP contribution in [0.4, 0.5) is 0 Å². The van der Waals surface area contributed by atoms with Gasteiger partial charge in [-0.2, -0.15) is 11.8 Å². The summed E-state index contributed by atoms with van der Waals surface area (Å²) in [5.74, 6) is 2.49. The SMILES string of the molecule is NCCOC1CCN(C2CCOC3(CCSC3)C2)CC1. The van der Waals surface area contributed by atoms with Crippen LogP contribution in [-0.2, 0) is 9.47 Å². The summed E-state index contributed by atoms with van der Waals surface area (Å²) in [5.41, 5.74) is 5.71. The van der Waals surface area contributed by atoms with E-state index >= 15 is 0 Å². The van der Waals surface area contributed by atoms with Gasteiger partial charge in [-0.25, -0.2) is 0 Å². The van der Waals surface area contributed by atoms with E-state index in [0.29, 0.717) is 19.3 Å². The number of nitrogens with zero attached hydrogens (tertiary/aromatic N) is 1. The Kier molecular flexibility index (Phi) is 5.26. The van der Waals surface area contributed by atoms with Crippen LogP contribution in [0.1, 0.15) is 32.1 Å². The number of likely N-dealkylation sites (tertiary alicyclic amines) is 1. The summed E-state index contributed by atoms with van der Waals surface area (Å²) in [7, 11) is 0. The van der Waals surface area contributed by atoms with Crippen LogP contribution in [0.25, 0.3) is 0 Å². The first-order chi connectivity index (χ1) is 9.81. The number of ether oxygens (including phenoxy) is 2. The van der Waals surface area contributed by atoms with Gasteiger partial charge >= 0.3 is 0 Å². The van der Waals surface area contributed by atoms with Gasteiger partial charge in [-0.3, -0.25) is 4.90 Å². The second-order valence-corrected chi connectivity index (χ2v) is 7.48. The highest BCUT2D eigenvalue weighted by Crippen LogP contribution is 2.40. The zero-order valence-corrected chi connectivity index (χ0v) is 13.2. The minimum atomic E-state index is 0.209. The van der Waals surface area contributed by atoms with Crippen molar-refractivity contribution in [1.82, 2.24) is 4.90 Å². The van der Waals surface area contributed by atoms with Gasteiger partial charge in [0, 0.05) is 38.0 Å². The normalized spacial score (nSPS) is 36.8. The van der Waals surface area contributed by atoms with Gasteiger partial charge < -0.3 is 15.2 Å². The summed E-state index contributed by atoms with van der Waals surface area (Å²) in [4.78, 5) is 2.69. The molecule has 0 saturated carbocycles. The maximum absolute atomic E-state index is 6.14. The Hall–Kier alpha value is 0.190. The minimum Gasteiger partial charge on any atom is -0.377 e. The van der Waals surface area contributed by atoms with Crippen molar-refractivity contribution in [1.29, 1.82) is 0 Å². The van der Waals surface area contributed by atoms with Crippen LogP contribution in [0.3, 0.4) is 0 Å². The first-order valence-electron chi connectivity index (χ1n) is 8.09. The molecule has 3 aliphatic rings. The third-order valence-electron chi connectivity index (χ3n) is 5.00. The largest absolute Gasteiger partial charge is 0.377 e. The number of hydrogen-bond acceptors (Lipinski definition) is 5. The highest BCUT2D eigenvalue weighted by molar-refractivity contribution is 7.99. The quantitative estimate of drug-likeness (QED) is 0.852. The van der Waals surface area contributed by atoms with E-state index in [9.17, 15) is 0 Å². The minimum absolute atomic E-state index is 0.209. The molecule has 3 rings (SSSR count). The summed E-state index contributed by atoms with van der Waals surface area (Å²) in [6.07, 6.45) is 6.47. The lowest BCUT2D eigenvalue weighted by atomic mass is 9.88. The van der Waals surface area contributed by atoms with Crippen molar-refractivity contribution in [3.05, 3.63) is 0 Å². The maximum atomic E-state index is 6.14. The van der Waals surface area contributed by atoms with Crippen molar-refractivity contribution in [3.63, 3.8) is 0 Å². The predicted molar refractivity (Wildman–Crippen MR) is 83.2 cm³/mol. The number of rotatable bonds is 4. The molecule has 3 aliphatic heterocycles. The zero-order chi connectivity index (χ0) is 13.8. The van der Waals surface area contributed by atoms with Crippen LogP contribution in [-0.4, -0.2) is 67.0 Å². The molecule has 5 heteroatoms. The molecule has 116 valence electrons. The molecule has 0 aliphatic carbocycles. The lowest BCUT2D eigenvalue weighted by molar-refractivity contribution is -0.0974. The molecule has 0 radical (unpaired) electrons. The van der Waals surface area contributed by atoms with Crippen molar-refractivity contribution in [2.45, 2.75) is 49.9 Å². The fourth-order valence-electron chi connectivity index (χ4n) is 3.82. The van der Waals surface area contributed by atoms with Crippen molar-refractivity contribution in [3.8, 4) is 0 Å². The van der Waals surface area contributed by atoms with E-state index in [-0.39, 0.29) is 5.60 Å². The highest BCUT2D eigenvalue weighted by atomic mass is 32.2. The van der Waals surface area contributed by atoms with Gasteiger partial charge in [-0.05, 0) is 37.9 Å². The predicted octanol–water partition coefficient (Wildman–Crippen LogP) is 1.48. The molecule has 2 unspecified atom stereocenters. The lowest BCUT2D eigenvalue weighted by Gasteiger charge is -2.44. The molecular weight excluding hydrogens is 272 g/mol. The summed E-state index contributed by atoms with van der Waals surface area (Å²) < 4.78 is 11.9. The Bertz CT molecular complexity index is 302. The average Bonchev–Trinajstić information content (AvgIpc) is 2.93. The Morgan fingerprint density at radius 3 is 2.85 bits per heavy atom. The maximum Gasteiger partial charge on any atom is 0.0795 e. The zero-order valence-electron chi connectivity index (χ0n) is 12.4. The second kappa shape index (κ2) is 6.97. The molecule has 1 spiro atoms. The van der Waals surface area contributed by atoms with E-state index in [0.717, 1.165) is 12.6 Å². The van der Waals surface area contributed by atoms with Crippen molar-refractivity contribution in [2.24, 2.45) is 5.73 Å². The Morgan fingerprint density at radius 2 is 2.15 bits per heavy atom. The van der Waals surface area contributed by atoms with E-state index in [2.05, 4.69) is 16.7 Å². The van der Waals surface area contributed by atoms with E-state index < -0.39 is 0 Å². The van der Waals surface area contributed by atoms with Crippen LogP contribution >= 0.6 is 11.8 Å². The third kappa shape index (κ3) is 3.50. The van der Waals surface area contributed by atoms with Crippen LogP contribution in [0.5, 0.6) is 0 Å². The summed E-state index contributed by atoms with van der Waals surface area (Å²) in [6.45, 7) is 4.67.